The number of hydrogen-bond acceptors (Lipinski definition) is 5. The predicted octanol–water partition coefficient (Wildman–Crippen LogP) is 1.91. The van der Waals surface area contributed by atoms with E-state index in [1.165, 1.54) is 0 Å². The van der Waals surface area contributed by atoms with Crippen molar-refractivity contribution in [2.45, 2.75) is 26.1 Å². The van der Waals surface area contributed by atoms with E-state index < -0.39 is 0 Å². The number of ether oxygens (including phenoxy) is 1. The molecule has 116 valence electrons. The van der Waals surface area contributed by atoms with Gasteiger partial charge in [-0.3, -0.25) is 9.48 Å². The average Bonchev–Trinajstić information content (AvgIpc) is 2.92. The van der Waals surface area contributed by atoms with Gasteiger partial charge in [-0.25, -0.2) is 4.98 Å². The minimum absolute atomic E-state index is 0.128. The maximum atomic E-state index is 11.5. The third kappa shape index (κ3) is 2.87. The highest BCUT2D eigenvalue weighted by atomic mass is 16.5. The molecule has 3 heterocycles. The third-order valence-electron chi connectivity index (χ3n) is 3.78. The molecule has 0 aromatic carbocycles. The Labute approximate surface area is 129 Å². The molecule has 22 heavy (non-hydrogen) atoms. The van der Waals surface area contributed by atoms with Gasteiger partial charge in [-0.05, 0) is 19.9 Å². The average molecular weight is 300 g/mol. The number of morpholine rings is 1. The van der Waals surface area contributed by atoms with Crippen LogP contribution in [-0.4, -0.2) is 46.3 Å². The van der Waals surface area contributed by atoms with Crippen LogP contribution >= 0.6 is 0 Å². The minimum Gasteiger partial charge on any atom is -0.372 e. The molecule has 3 rings (SSSR count). The second-order valence-electron chi connectivity index (χ2n) is 5.82. The van der Waals surface area contributed by atoms with E-state index in [0.29, 0.717) is 5.56 Å². The fourth-order valence-corrected chi connectivity index (χ4v) is 2.90. The molecule has 1 aliphatic heterocycles. The first-order valence-electron chi connectivity index (χ1n) is 7.41. The molecule has 0 saturated carbocycles. The molecular weight excluding hydrogens is 280 g/mol. The zero-order chi connectivity index (χ0) is 15.7. The van der Waals surface area contributed by atoms with Gasteiger partial charge in [-0.15, -0.1) is 0 Å². The topological polar surface area (TPSA) is 60.2 Å². The van der Waals surface area contributed by atoms with Crippen molar-refractivity contribution in [1.82, 2.24) is 14.8 Å². The molecule has 2 aromatic rings. The Hall–Kier alpha value is -2.21. The molecule has 0 spiro atoms. The maximum absolute atomic E-state index is 11.5. The number of carbonyl (C=O) groups excluding carboxylic acids is 1. The lowest BCUT2D eigenvalue weighted by Crippen LogP contribution is -2.46. The van der Waals surface area contributed by atoms with Crippen LogP contribution in [0.4, 0.5) is 5.82 Å². The summed E-state index contributed by atoms with van der Waals surface area (Å²) in [4.78, 5) is 18.2. The van der Waals surface area contributed by atoms with Gasteiger partial charge in [0.1, 0.15) is 5.82 Å². The second-order valence-corrected chi connectivity index (χ2v) is 5.82. The monoisotopic (exact) mass is 300 g/mol. The molecule has 0 bridgehead atoms. The van der Waals surface area contributed by atoms with E-state index in [1.807, 2.05) is 33.2 Å². The van der Waals surface area contributed by atoms with Crippen LogP contribution < -0.4 is 4.90 Å². The Balaban J connectivity index is 1.94. The number of nitrogens with zero attached hydrogens (tertiary/aromatic N) is 4. The Kier molecular flexibility index (Phi) is 3.94. The van der Waals surface area contributed by atoms with Gasteiger partial charge in [0, 0.05) is 43.7 Å². The van der Waals surface area contributed by atoms with Gasteiger partial charge in [-0.2, -0.15) is 5.10 Å². The van der Waals surface area contributed by atoms with Gasteiger partial charge in [0.2, 0.25) is 0 Å². The molecule has 2 atom stereocenters. The van der Waals surface area contributed by atoms with Gasteiger partial charge in [0.15, 0.2) is 6.29 Å². The predicted molar refractivity (Wildman–Crippen MR) is 84.0 cm³/mol. The van der Waals surface area contributed by atoms with Crippen LogP contribution in [0.25, 0.3) is 11.1 Å². The van der Waals surface area contributed by atoms with E-state index in [0.717, 1.165) is 36.3 Å². The first-order valence-corrected chi connectivity index (χ1v) is 7.41. The lowest BCUT2D eigenvalue weighted by molar-refractivity contribution is -0.00549. The Morgan fingerprint density at radius 1 is 1.23 bits per heavy atom. The first-order chi connectivity index (χ1) is 10.6. The smallest absolute Gasteiger partial charge is 0.153 e. The minimum atomic E-state index is 0.128. The van der Waals surface area contributed by atoms with E-state index in [1.54, 1.807) is 17.1 Å². The van der Waals surface area contributed by atoms with Crippen molar-refractivity contribution in [3.8, 4) is 11.1 Å². The number of aldehydes is 1. The second kappa shape index (κ2) is 5.88. The van der Waals surface area contributed by atoms with E-state index >= 15 is 0 Å². The molecule has 2 aromatic heterocycles. The van der Waals surface area contributed by atoms with Gasteiger partial charge in [0.25, 0.3) is 0 Å². The Morgan fingerprint density at radius 3 is 2.55 bits per heavy atom. The Bertz CT molecular complexity index is 673. The van der Waals surface area contributed by atoms with Crippen molar-refractivity contribution in [1.29, 1.82) is 0 Å². The van der Waals surface area contributed by atoms with Crippen LogP contribution in [0.5, 0.6) is 0 Å². The van der Waals surface area contributed by atoms with E-state index in [4.69, 9.17) is 4.74 Å². The number of rotatable bonds is 3. The quantitative estimate of drug-likeness (QED) is 0.810. The number of pyridine rings is 1. The van der Waals surface area contributed by atoms with Crippen molar-refractivity contribution in [2.75, 3.05) is 18.0 Å². The number of anilines is 1. The molecule has 1 aliphatic rings. The summed E-state index contributed by atoms with van der Waals surface area (Å²) < 4.78 is 7.47. The fourth-order valence-electron chi connectivity index (χ4n) is 2.90. The number of aromatic nitrogens is 3. The summed E-state index contributed by atoms with van der Waals surface area (Å²) in [6, 6.07) is 1.87. The molecule has 1 saturated heterocycles. The van der Waals surface area contributed by atoms with Gasteiger partial charge in [0.05, 0.1) is 24.0 Å². The Morgan fingerprint density at radius 2 is 1.95 bits per heavy atom. The molecule has 0 unspecified atom stereocenters. The van der Waals surface area contributed by atoms with E-state index in [9.17, 15) is 4.79 Å². The van der Waals surface area contributed by atoms with Crippen LogP contribution in [0, 0.1) is 0 Å². The van der Waals surface area contributed by atoms with Crippen LogP contribution in [0.2, 0.25) is 0 Å². The molecule has 0 radical (unpaired) electrons. The van der Waals surface area contributed by atoms with Crippen molar-refractivity contribution in [3.05, 3.63) is 30.2 Å². The SMILES string of the molecule is C[C@@H]1CN(c2ncc(-c3cnn(C)c3)cc2C=O)C[C@H](C)O1. The highest BCUT2D eigenvalue weighted by molar-refractivity contribution is 5.85. The summed E-state index contributed by atoms with van der Waals surface area (Å²) in [7, 11) is 1.86. The first kappa shape index (κ1) is 14.7. The van der Waals surface area contributed by atoms with Crippen molar-refractivity contribution in [2.24, 2.45) is 7.05 Å². The summed E-state index contributed by atoms with van der Waals surface area (Å²) in [5.74, 6) is 0.727. The molecule has 1 fully saturated rings. The third-order valence-corrected chi connectivity index (χ3v) is 3.78. The fraction of sp³-hybridized carbons (Fsp3) is 0.438. The zero-order valence-corrected chi connectivity index (χ0v) is 13.1. The number of hydrogen-bond donors (Lipinski definition) is 0. The normalized spacial score (nSPS) is 21.9. The highest BCUT2D eigenvalue weighted by Gasteiger charge is 2.25. The lowest BCUT2D eigenvalue weighted by atomic mass is 10.1. The van der Waals surface area contributed by atoms with E-state index in [2.05, 4.69) is 15.0 Å². The standard InChI is InChI=1S/C16H20N4O2/c1-11-7-20(8-12(2)22-11)16-14(10-21)4-13(5-17-16)15-6-18-19(3)9-15/h4-6,9-12H,7-8H2,1-3H3/t11-,12+. The highest BCUT2D eigenvalue weighted by Crippen LogP contribution is 2.26. The molecule has 6 nitrogen and oxygen atoms in total. The zero-order valence-electron chi connectivity index (χ0n) is 13.1. The van der Waals surface area contributed by atoms with Crippen LogP contribution in [0.15, 0.2) is 24.7 Å². The number of carbonyl (C=O) groups is 1. The maximum Gasteiger partial charge on any atom is 0.153 e. The van der Waals surface area contributed by atoms with Gasteiger partial charge < -0.3 is 9.64 Å². The largest absolute Gasteiger partial charge is 0.372 e. The van der Waals surface area contributed by atoms with Gasteiger partial charge >= 0.3 is 0 Å². The van der Waals surface area contributed by atoms with Crippen LogP contribution in [0.3, 0.4) is 0 Å². The molecular formula is C16H20N4O2. The molecule has 0 amide bonds. The van der Waals surface area contributed by atoms with Crippen LogP contribution in [0.1, 0.15) is 24.2 Å². The van der Waals surface area contributed by atoms with Crippen molar-refractivity contribution in [3.63, 3.8) is 0 Å². The molecule has 0 aliphatic carbocycles. The summed E-state index contributed by atoms with van der Waals surface area (Å²) in [5, 5.41) is 4.15. The van der Waals surface area contributed by atoms with Crippen molar-refractivity contribution >= 4 is 12.1 Å². The number of aryl methyl sites for hydroxylation is 1. The van der Waals surface area contributed by atoms with E-state index in [-0.39, 0.29) is 12.2 Å². The lowest BCUT2D eigenvalue weighted by Gasteiger charge is -2.36. The summed E-state index contributed by atoms with van der Waals surface area (Å²) in [6.07, 6.45) is 6.59. The van der Waals surface area contributed by atoms with Crippen molar-refractivity contribution < 1.29 is 9.53 Å². The molecule has 6 heteroatoms. The van der Waals surface area contributed by atoms with Crippen LogP contribution in [-0.2, 0) is 11.8 Å². The summed E-state index contributed by atoms with van der Waals surface area (Å²) in [6.45, 7) is 5.55. The van der Waals surface area contributed by atoms with Gasteiger partial charge in [-0.1, -0.05) is 0 Å². The summed E-state index contributed by atoms with van der Waals surface area (Å²) >= 11 is 0. The summed E-state index contributed by atoms with van der Waals surface area (Å²) in [5.41, 5.74) is 2.45. The molecule has 0 N–H and O–H groups in total.